The molecule has 74 valence electrons. The first kappa shape index (κ1) is 10.8. The second-order valence-corrected chi connectivity index (χ2v) is 4.82. The molecule has 0 atom stereocenters. The molecule has 0 amide bonds. The summed E-state index contributed by atoms with van der Waals surface area (Å²) in [6.45, 7) is 16.5. The predicted molar refractivity (Wildman–Crippen MR) is 63.1 cm³/mol. The maximum absolute atomic E-state index is 4.03. The zero-order chi connectivity index (χ0) is 10.9. The van der Waals surface area contributed by atoms with E-state index in [-0.39, 0.29) is 5.41 Å². The molecule has 0 unspecified atom stereocenters. The molecule has 0 saturated heterocycles. The van der Waals surface area contributed by atoms with Crippen molar-refractivity contribution in [1.29, 1.82) is 0 Å². The van der Waals surface area contributed by atoms with Crippen molar-refractivity contribution in [3.63, 3.8) is 0 Å². The lowest BCUT2D eigenvalue weighted by Crippen LogP contribution is -2.12. The largest absolute Gasteiger partial charge is 0.112 e. The van der Waals surface area contributed by atoms with Crippen molar-refractivity contribution in [2.45, 2.75) is 27.7 Å². The highest BCUT2D eigenvalue weighted by Gasteiger charge is 2.20. The van der Waals surface area contributed by atoms with Gasteiger partial charge in [0.05, 0.1) is 0 Å². The Morgan fingerprint density at radius 2 is 1.93 bits per heavy atom. The highest BCUT2D eigenvalue weighted by molar-refractivity contribution is 5.53. The van der Waals surface area contributed by atoms with Crippen LogP contribution in [0.3, 0.4) is 0 Å². The number of rotatable bonds is 1. The smallest absolute Gasteiger partial charge is 0.0191 e. The molecular weight excluding hydrogens is 168 g/mol. The number of hydrogen-bond donors (Lipinski definition) is 0. The van der Waals surface area contributed by atoms with Crippen LogP contribution in [0.4, 0.5) is 0 Å². The fourth-order valence-electron chi connectivity index (χ4n) is 1.47. The molecule has 0 aromatic carbocycles. The summed E-state index contributed by atoms with van der Waals surface area (Å²) in [6, 6.07) is 0. The predicted octanol–water partition coefficient (Wildman–Crippen LogP) is 4.19. The summed E-state index contributed by atoms with van der Waals surface area (Å²) < 4.78 is 0. The van der Waals surface area contributed by atoms with Crippen molar-refractivity contribution in [3.8, 4) is 0 Å². The van der Waals surface area contributed by atoms with E-state index in [2.05, 4.69) is 45.7 Å². The van der Waals surface area contributed by atoms with Crippen LogP contribution in [0, 0.1) is 5.41 Å². The van der Waals surface area contributed by atoms with Crippen LogP contribution in [-0.2, 0) is 0 Å². The van der Waals surface area contributed by atoms with Gasteiger partial charge in [-0.15, -0.1) is 5.73 Å². The minimum absolute atomic E-state index is 0.135. The molecule has 0 aromatic rings. The van der Waals surface area contributed by atoms with Gasteiger partial charge in [-0.25, -0.2) is 0 Å². The summed E-state index contributed by atoms with van der Waals surface area (Å²) in [5.41, 5.74) is 7.79. The summed E-state index contributed by atoms with van der Waals surface area (Å²) in [4.78, 5) is 0. The number of hydrogen-bond acceptors (Lipinski definition) is 0. The Morgan fingerprint density at radius 1 is 1.36 bits per heavy atom. The van der Waals surface area contributed by atoms with Gasteiger partial charge >= 0.3 is 0 Å². The Balaban J connectivity index is 3.21. The molecule has 1 rings (SSSR count). The highest BCUT2D eigenvalue weighted by Crippen LogP contribution is 2.34. The van der Waals surface area contributed by atoms with Crippen LogP contribution >= 0.6 is 0 Å². The van der Waals surface area contributed by atoms with Gasteiger partial charge in [0.1, 0.15) is 0 Å². The second kappa shape index (κ2) is 3.48. The lowest BCUT2D eigenvalue weighted by atomic mass is 9.79. The normalized spacial score (nSPS) is 16.4. The van der Waals surface area contributed by atoms with E-state index in [9.17, 15) is 0 Å². The average molecular weight is 186 g/mol. The first-order valence-corrected chi connectivity index (χ1v) is 4.86. The van der Waals surface area contributed by atoms with Gasteiger partial charge in [0.2, 0.25) is 0 Å². The van der Waals surface area contributed by atoms with Crippen molar-refractivity contribution in [1.82, 2.24) is 0 Å². The molecule has 0 fully saturated rings. The van der Waals surface area contributed by atoms with Crippen LogP contribution in [0.1, 0.15) is 27.7 Å². The fraction of sp³-hybridized carbons (Fsp3) is 0.357. The monoisotopic (exact) mass is 186 g/mol. The molecule has 0 spiro atoms. The van der Waals surface area contributed by atoms with Crippen molar-refractivity contribution >= 4 is 0 Å². The van der Waals surface area contributed by atoms with Crippen molar-refractivity contribution in [3.05, 3.63) is 53.3 Å². The maximum atomic E-state index is 4.03. The van der Waals surface area contributed by atoms with Gasteiger partial charge in [0.25, 0.3) is 0 Å². The molecule has 0 N–H and O–H groups in total. The van der Waals surface area contributed by atoms with Crippen LogP contribution in [-0.4, -0.2) is 0 Å². The van der Waals surface area contributed by atoms with Crippen LogP contribution in [0.2, 0.25) is 0 Å². The molecule has 1 aliphatic carbocycles. The minimum atomic E-state index is 0.135. The standard InChI is InChI=1S/C14H18/c1-10(2)12-8-7-11(3)13(9-12)14(4,5)6/h7,9H,1,3H2,2,4-6H3. The second-order valence-electron chi connectivity index (χ2n) is 4.82. The quantitative estimate of drug-likeness (QED) is 0.539. The summed E-state index contributed by atoms with van der Waals surface area (Å²) in [6.07, 6.45) is 4.09. The van der Waals surface area contributed by atoms with Crippen molar-refractivity contribution in [2.75, 3.05) is 0 Å². The highest BCUT2D eigenvalue weighted by atomic mass is 14.2. The molecular formula is C14H18. The van der Waals surface area contributed by atoms with E-state index in [4.69, 9.17) is 0 Å². The average Bonchev–Trinajstić information content (AvgIpc) is 2.02. The first-order valence-electron chi connectivity index (χ1n) is 4.86. The van der Waals surface area contributed by atoms with Crippen molar-refractivity contribution in [2.24, 2.45) is 5.41 Å². The van der Waals surface area contributed by atoms with E-state index in [1.54, 1.807) is 0 Å². The van der Waals surface area contributed by atoms with Gasteiger partial charge in [-0.05, 0) is 41.2 Å². The molecule has 0 nitrogen and oxygen atoms in total. The summed E-state index contributed by atoms with van der Waals surface area (Å²) in [7, 11) is 0. The Kier molecular flexibility index (Phi) is 2.69. The van der Waals surface area contributed by atoms with E-state index >= 15 is 0 Å². The minimum Gasteiger partial charge on any atom is -0.112 e. The Bertz CT molecular complexity index is 375. The zero-order valence-corrected chi connectivity index (χ0v) is 9.57. The van der Waals surface area contributed by atoms with Gasteiger partial charge in [0.15, 0.2) is 0 Å². The first-order chi connectivity index (χ1) is 6.32. The molecule has 0 heteroatoms. The zero-order valence-electron chi connectivity index (χ0n) is 9.57. The summed E-state index contributed by atoms with van der Waals surface area (Å²) in [5.74, 6) is 0. The molecule has 0 aliphatic heterocycles. The Morgan fingerprint density at radius 3 is 2.36 bits per heavy atom. The molecule has 0 saturated carbocycles. The number of allylic oxidation sites excluding steroid dienone is 5. The van der Waals surface area contributed by atoms with Gasteiger partial charge in [-0.2, -0.15) is 0 Å². The molecule has 0 aromatic heterocycles. The van der Waals surface area contributed by atoms with Gasteiger partial charge in [0, 0.05) is 5.57 Å². The summed E-state index contributed by atoms with van der Waals surface area (Å²) >= 11 is 0. The third-order valence-electron chi connectivity index (χ3n) is 2.30. The Hall–Kier alpha value is -1.26. The summed E-state index contributed by atoms with van der Waals surface area (Å²) in [5, 5.41) is 0. The lowest BCUT2D eigenvalue weighted by Gasteiger charge is -2.25. The molecule has 0 bridgehead atoms. The SMILES string of the molecule is C=C(C)C1=C=CC(=C)C(C(C)(C)C)=C1. The van der Waals surface area contributed by atoms with E-state index in [0.29, 0.717) is 0 Å². The van der Waals surface area contributed by atoms with Crippen molar-refractivity contribution < 1.29 is 0 Å². The molecule has 0 radical (unpaired) electrons. The Labute approximate surface area is 87.0 Å². The van der Waals surface area contributed by atoms with Crippen LogP contribution < -0.4 is 0 Å². The van der Waals surface area contributed by atoms with E-state index < -0.39 is 0 Å². The molecule has 1 aliphatic rings. The van der Waals surface area contributed by atoms with Gasteiger partial charge in [-0.1, -0.05) is 33.9 Å². The van der Waals surface area contributed by atoms with Gasteiger partial charge < -0.3 is 0 Å². The van der Waals surface area contributed by atoms with Gasteiger partial charge in [-0.3, -0.25) is 0 Å². The van der Waals surface area contributed by atoms with Crippen LogP contribution in [0.25, 0.3) is 0 Å². The topological polar surface area (TPSA) is 0 Å². The van der Waals surface area contributed by atoms with E-state index in [0.717, 1.165) is 16.7 Å². The van der Waals surface area contributed by atoms with E-state index in [1.165, 1.54) is 5.57 Å². The van der Waals surface area contributed by atoms with Crippen LogP contribution in [0.15, 0.2) is 53.3 Å². The third kappa shape index (κ3) is 2.16. The van der Waals surface area contributed by atoms with E-state index in [1.807, 2.05) is 13.0 Å². The molecule has 0 heterocycles. The lowest BCUT2D eigenvalue weighted by molar-refractivity contribution is 0.512. The fourth-order valence-corrected chi connectivity index (χ4v) is 1.47. The molecule has 14 heavy (non-hydrogen) atoms. The van der Waals surface area contributed by atoms with Crippen LogP contribution in [0.5, 0.6) is 0 Å². The third-order valence-corrected chi connectivity index (χ3v) is 2.30. The maximum Gasteiger partial charge on any atom is 0.0191 e.